The first-order valence-electron chi connectivity index (χ1n) is 14.9. The monoisotopic (exact) mass is 626 g/mol. The van der Waals surface area contributed by atoms with Gasteiger partial charge in [0.25, 0.3) is 0 Å². The standard InChI is InChI=1S/C9H11N3O3.C6H15N.C5H3ClN2O2.C5H10O.C4H8O/c13-12(14)9-7-10-2-1-8(9)11-3-5-15-6-4-11;1-4-7(5-2)6-3;6-4-1-2-7-3-5(4)8(9)10;1-2-4-6-5-3-1;1-2-4-5-3-1/h1-2,7H,3-6H2;4-6H2,1-3H3;1-3H;1-5H2;1-4H2. The molecule has 13 nitrogen and oxygen atoms in total. The number of aromatic nitrogens is 2. The molecule has 0 atom stereocenters. The maximum Gasteiger partial charge on any atom is 0.310 e. The Balaban J connectivity index is 0.000000287. The van der Waals surface area contributed by atoms with Crippen molar-refractivity contribution in [3.8, 4) is 0 Å². The van der Waals surface area contributed by atoms with E-state index in [1.54, 1.807) is 12.3 Å². The van der Waals surface area contributed by atoms with E-state index >= 15 is 0 Å². The lowest BCUT2D eigenvalue weighted by atomic mass is 10.2. The van der Waals surface area contributed by atoms with Crippen LogP contribution in [-0.2, 0) is 14.2 Å². The average Bonchev–Trinajstić information content (AvgIpc) is 3.65. The molecule has 2 aromatic rings. The van der Waals surface area contributed by atoms with Gasteiger partial charge in [0.15, 0.2) is 0 Å². The number of pyridine rings is 2. The van der Waals surface area contributed by atoms with Crippen molar-refractivity contribution < 1.29 is 24.1 Å². The van der Waals surface area contributed by atoms with Gasteiger partial charge in [0.1, 0.15) is 23.1 Å². The molecule has 0 saturated carbocycles. The lowest BCUT2D eigenvalue weighted by Gasteiger charge is -2.28. The van der Waals surface area contributed by atoms with E-state index in [1.165, 1.54) is 70.2 Å². The molecule has 2 aromatic heterocycles. The first kappa shape index (κ1) is 38.1. The Labute approximate surface area is 259 Å². The number of hydrogen-bond donors (Lipinski definition) is 0. The summed E-state index contributed by atoms with van der Waals surface area (Å²) in [5.41, 5.74) is 0.516. The maximum atomic E-state index is 10.8. The molecule has 0 N–H and O–H groups in total. The van der Waals surface area contributed by atoms with Gasteiger partial charge >= 0.3 is 11.4 Å². The molecule has 242 valence electrons. The van der Waals surface area contributed by atoms with E-state index < -0.39 is 9.85 Å². The number of nitro groups is 2. The van der Waals surface area contributed by atoms with Crippen molar-refractivity contribution in [1.29, 1.82) is 0 Å². The van der Waals surface area contributed by atoms with E-state index in [4.69, 9.17) is 25.8 Å². The average molecular weight is 627 g/mol. The van der Waals surface area contributed by atoms with E-state index in [0.29, 0.717) is 32.0 Å². The normalized spacial score (nSPS) is 15.7. The first-order valence-corrected chi connectivity index (χ1v) is 15.3. The van der Waals surface area contributed by atoms with Crippen molar-refractivity contribution in [3.05, 3.63) is 62.2 Å². The molecule has 0 aliphatic carbocycles. The minimum atomic E-state index is -0.574. The molecular formula is C29H47ClN6O7. The zero-order chi connectivity index (χ0) is 31.7. The predicted octanol–water partition coefficient (Wildman–Crippen LogP) is 5.80. The van der Waals surface area contributed by atoms with Crippen molar-refractivity contribution in [2.45, 2.75) is 52.9 Å². The van der Waals surface area contributed by atoms with Crippen LogP contribution in [-0.4, -0.2) is 97.1 Å². The molecule has 0 unspecified atom stereocenters. The van der Waals surface area contributed by atoms with E-state index in [2.05, 4.69) is 35.6 Å². The number of morpholine rings is 1. The Morgan fingerprint density at radius 3 is 1.53 bits per heavy atom. The third kappa shape index (κ3) is 17.0. The largest absolute Gasteiger partial charge is 0.381 e. The fraction of sp³-hybridized carbons (Fsp3) is 0.655. The van der Waals surface area contributed by atoms with Crippen molar-refractivity contribution >= 4 is 28.7 Å². The molecule has 14 heteroatoms. The number of hydrogen-bond acceptors (Lipinski definition) is 11. The highest BCUT2D eigenvalue weighted by Crippen LogP contribution is 2.26. The van der Waals surface area contributed by atoms with Gasteiger partial charge in [-0.05, 0) is 63.9 Å². The summed E-state index contributed by atoms with van der Waals surface area (Å²) >= 11 is 5.44. The summed E-state index contributed by atoms with van der Waals surface area (Å²) in [5, 5.41) is 21.0. The molecule has 43 heavy (non-hydrogen) atoms. The summed E-state index contributed by atoms with van der Waals surface area (Å²) in [4.78, 5) is 31.5. The van der Waals surface area contributed by atoms with Gasteiger partial charge in [-0.25, -0.2) is 0 Å². The second-order valence-corrected chi connectivity index (χ2v) is 9.82. The predicted molar refractivity (Wildman–Crippen MR) is 168 cm³/mol. The Bertz CT molecular complexity index is 994. The second-order valence-electron chi connectivity index (χ2n) is 9.42. The van der Waals surface area contributed by atoms with E-state index in [0.717, 1.165) is 32.6 Å². The van der Waals surface area contributed by atoms with Crippen LogP contribution in [0.1, 0.15) is 52.9 Å². The fourth-order valence-corrected chi connectivity index (χ4v) is 4.14. The molecule has 3 aliphatic heterocycles. The van der Waals surface area contributed by atoms with Crippen molar-refractivity contribution in [3.63, 3.8) is 0 Å². The molecule has 5 rings (SSSR count). The van der Waals surface area contributed by atoms with Gasteiger partial charge in [0.2, 0.25) is 0 Å². The Hall–Kier alpha value is -2.97. The summed E-state index contributed by atoms with van der Waals surface area (Å²) in [7, 11) is 0. The van der Waals surface area contributed by atoms with Crippen LogP contribution in [0, 0.1) is 20.2 Å². The van der Waals surface area contributed by atoms with Crippen molar-refractivity contribution in [1.82, 2.24) is 14.9 Å². The Morgan fingerprint density at radius 2 is 1.19 bits per heavy atom. The summed E-state index contributed by atoms with van der Waals surface area (Å²) in [6, 6.07) is 3.04. The van der Waals surface area contributed by atoms with Crippen LogP contribution in [0.25, 0.3) is 0 Å². The van der Waals surface area contributed by atoms with Gasteiger partial charge in [-0.3, -0.25) is 30.2 Å². The molecular weight excluding hydrogens is 580 g/mol. The molecule has 3 aliphatic rings. The number of nitrogens with zero attached hydrogens (tertiary/aromatic N) is 6. The minimum Gasteiger partial charge on any atom is -0.381 e. The fourth-order valence-electron chi connectivity index (χ4n) is 3.96. The summed E-state index contributed by atoms with van der Waals surface area (Å²) in [6.45, 7) is 16.7. The van der Waals surface area contributed by atoms with Gasteiger partial charge in [0.05, 0.1) is 23.1 Å². The van der Waals surface area contributed by atoms with Gasteiger partial charge in [-0.15, -0.1) is 0 Å². The SMILES string of the molecule is C1CCOC1.C1CCOCC1.CCN(CC)CC.O=[N+]([O-])c1cnccc1Cl.O=[N+]([O-])c1cnccc1N1CCOCC1. The molecule has 0 radical (unpaired) electrons. The summed E-state index contributed by atoms with van der Waals surface area (Å²) < 4.78 is 15.2. The van der Waals surface area contributed by atoms with Crippen molar-refractivity contribution in [2.75, 3.05) is 77.3 Å². The van der Waals surface area contributed by atoms with Gasteiger partial charge in [-0.1, -0.05) is 32.4 Å². The molecule has 0 bridgehead atoms. The van der Waals surface area contributed by atoms with E-state index in [1.807, 2.05) is 4.90 Å². The maximum absolute atomic E-state index is 10.8. The quantitative estimate of drug-likeness (QED) is 0.283. The van der Waals surface area contributed by atoms with Crippen molar-refractivity contribution in [2.24, 2.45) is 0 Å². The first-order chi connectivity index (χ1) is 20.8. The molecule has 5 heterocycles. The van der Waals surface area contributed by atoms with Gasteiger partial charge < -0.3 is 24.0 Å². The molecule has 0 amide bonds. The van der Waals surface area contributed by atoms with Crippen LogP contribution in [0.5, 0.6) is 0 Å². The molecule has 0 aromatic carbocycles. The smallest absolute Gasteiger partial charge is 0.310 e. The van der Waals surface area contributed by atoms with Crippen LogP contribution in [0.4, 0.5) is 17.1 Å². The highest BCUT2D eigenvalue weighted by Gasteiger charge is 2.20. The summed E-state index contributed by atoms with van der Waals surface area (Å²) in [6.07, 6.45) is 11.8. The van der Waals surface area contributed by atoms with Gasteiger partial charge in [0, 0.05) is 51.9 Å². The third-order valence-electron chi connectivity index (χ3n) is 6.52. The zero-order valence-corrected chi connectivity index (χ0v) is 26.5. The van der Waals surface area contributed by atoms with Crippen LogP contribution < -0.4 is 4.90 Å². The number of ether oxygens (including phenoxy) is 3. The van der Waals surface area contributed by atoms with E-state index in [9.17, 15) is 20.2 Å². The number of anilines is 1. The third-order valence-corrected chi connectivity index (χ3v) is 6.84. The number of halogens is 1. The molecule has 3 fully saturated rings. The Kier molecular flexibility index (Phi) is 21.7. The lowest BCUT2D eigenvalue weighted by molar-refractivity contribution is -0.385. The van der Waals surface area contributed by atoms with Gasteiger partial charge in [-0.2, -0.15) is 0 Å². The highest BCUT2D eigenvalue weighted by molar-refractivity contribution is 6.32. The lowest BCUT2D eigenvalue weighted by Crippen LogP contribution is -2.36. The van der Waals surface area contributed by atoms with E-state index in [-0.39, 0.29) is 16.4 Å². The topological polar surface area (TPSA) is 146 Å². The van der Waals surface area contributed by atoms with Crippen LogP contribution in [0.15, 0.2) is 36.9 Å². The van der Waals surface area contributed by atoms with Crippen LogP contribution in [0.3, 0.4) is 0 Å². The zero-order valence-electron chi connectivity index (χ0n) is 25.7. The Morgan fingerprint density at radius 1 is 0.744 bits per heavy atom. The molecule has 0 spiro atoms. The highest BCUT2D eigenvalue weighted by atomic mass is 35.5. The second kappa shape index (κ2) is 24.5. The van der Waals surface area contributed by atoms with Crippen LogP contribution in [0.2, 0.25) is 5.02 Å². The van der Waals surface area contributed by atoms with Crippen LogP contribution >= 0.6 is 11.6 Å². The molecule has 3 saturated heterocycles. The summed E-state index contributed by atoms with van der Waals surface area (Å²) in [5.74, 6) is 0. The number of rotatable bonds is 6. The minimum absolute atomic E-state index is 0.0550.